The molecule has 5 heterocycles. The fourth-order valence-electron chi connectivity index (χ4n) is 6.50. The number of aromatic nitrogens is 4. The minimum atomic E-state index is -1.11. The molecule has 6 rings (SSSR count). The number of primary amides is 1. The molecule has 0 saturated carbocycles. The summed E-state index contributed by atoms with van der Waals surface area (Å²) in [6, 6.07) is 3.72. The summed E-state index contributed by atoms with van der Waals surface area (Å²) in [6.07, 6.45) is 2.69. The zero-order chi connectivity index (χ0) is 32.3. The van der Waals surface area contributed by atoms with Gasteiger partial charge in [-0.3, -0.25) is 19.0 Å². The van der Waals surface area contributed by atoms with Crippen LogP contribution in [0.15, 0.2) is 29.2 Å². The molecule has 0 bridgehead atoms. The SMILES string of the molecule is C[C@H]1CN(C)C[C@H](C)N1c1cc(NC(=O)Cn2cc(-c3cc(F)c(O)c(C(N)=O)c3)c3c(=O)n4c(nc32)CCC4)c(Cl)c(F)n1. The van der Waals surface area contributed by atoms with Crippen molar-refractivity contribution in [2.24, 2.45) is 5.73 Å². The van der Waals surface area contributed by atoms with Crippen LogP contribution in [0.4, 0.5) is 20.3 Å². The Morgan fingerprint density at radius 3 is 2.56 bits per heavy atom. The third-order valence-corrected chi connectivity index (χ3v) is 8.69. The van der Waals surface area contributed by atoms with Crippen LogP contribution < -0.4 is 21.5 Å². The number of carbonyl (C=O) groups excluding carboxylic acids is 2. The van der Waals surface area contributed by atoms with Crippen LogP contribution in [-0.4, -0.2) is 73.1 Å². The number of carbonyl (C=O) groups is 2. The molecule has 3 aromatic heterocycles. The van der Waals surface area contributed by atoms with Crippen LogP contribution in [0.25, 0.3) is 22.2 Å². The van der Waals surface area contributed by atoms with Gasteiger partial charge in [0.2, 0.25) is 11.9 Å². The largest absolute Gasteiger partial charge is 0.504 e. The van der Waals surface area contributed by atoms with Gasteiger partial charge in [0.1, 0.15) is 28.9 Å². The molecule has 4 N–H and O–H groups in total. The van der Waals surface area contributed by atoms with Gasteiger partial charge in [-0.25, -0.2) is 14.4 Å². The summed E-state index contributed by atoms with van der Waals surface area (Å²) in [7, 11) is 2.01. The molecular formula is C30H31ClF2N8O4. The first kappa shape index (κ1) is 30.5. The number of benzene rings is 1. The number of rotatable bonds is 6. The standard InChI is InChI=1S/C30H31ClF2N8O4/c1-14-10-38(3)11-15(2)41(14)22-9-20(25(31)27(33)36-22)35-23(42)13-39-12-18(16-7-17(28(34)44)26(43)19(32)8-16)24-29(39)37-21-5-4-6-40(21)30(24)45/h7-9,12,14-15,43H,4-6,10-11,13H2,1-3H3,(H2,34,44)(H,35,36,42)/t14-,15-/m0/s1. The first-order chi connectivity index (χ1) is 21.3. The van der Waals surface area contributed by atoms with Crippen molar-refractivity contribution in [2.75, 3.05) is 30.4 Å². The Hall–Kier alpha value is -4.56. The number of hydrogen-bond donors (Lipinski definition) is 3. The number of halogens is 3. The van der Waals surface area contributed by atoms with Gasteiger partial charge in [-0.15, -0.1) is 0 Å². The molecular weight excluding hydrogens is 610 g/mol. The van der Waals surface area contributed by atoms with Gasteiger partial charge in [0.15, 0.2) is 11.6 Å². The Labute approximate surface area is 261 Å². The first-order valence-corrected chi connectivity index (χ1v) is 14.8. The van der Waals surface area contributed by atoms with Crippen molar-refractivity contribution in [2.45, 2.75) is 51.9 Å². The van der Waals surface area contributed by atoms with Gasteiger partial charge < -0.3 is 30.5 Å². The molecule has 236 valence electrons. The van der Waals surface area contributed by atoms with E-state index in [2.05, 4.69) is 20.2 Å². The minimum Gasteiger partial charge on any atom is -0.504 e. The van der Waals surface area contributed by atoms with E-state index in [1.54, 1.807) is 0 Å². The zero-order valence-corrected chi connectivity index (χ0v) is 25.5. The van der Waals surface area contributed by atoms with Crippen LogP contribution in [0.2, 0.25) is 5.02 Å². The number of pyridine rings is 1. The van der Waals surface area contributed by atoms with Gasteiger partial charge in [-0.2, -0.15) is 4.39 Å². The summed E-state index contributed by atoms with van der Waals surface area (Å²) in [6.45, 7) is 5.56. The predicted molar refractivity (Wildman–Crippen MR) is 165 cm³/mol. The zero-order valence-electron chi connectivity index (χ0n) is 24.8. The van der Waals surface area contributed by atoms with Gasteiger partial charge in [-0.1, -0.05) is 11.6 Å². The maximum absolute atomic E-state index is 15.0. The van der Waals surface area contributed by atoms with E-state index in [0.29, 0.717) is 31.0 Å². The van der Waals surface area contributed by atoms with Crippen molar-refractivity contribution in [3.05, 3.63) is 62.9 Å². The van der Waals surface area contributed by atoms with Gasteiger partial charge >= 0.3 is 0 Å². The fourth-order valence-corrected chi connectivity index (χ4v) is 6.65. The van der Waals surface area contributed by atoms with Crippen LogP contribution >= 0.6 is 11.6 Å². The molecule has 2 atom stereocenters. The van der Waals surface area contributed by atoms with E-state index in [4.69, 9.17) is 17.3 Å². The summed E-state index contributed by atoms with van der Waals surface area (Å²) in [4.78, 5) is 51.8. The van der Waals surface area contributed by atoms with Crippen LogP contribution in [0.5, 0.6) is 5.75 Å². The highest BCUT2D eigenvalue weighted by atomic mass is 35.5. The normalized spacial score (nSPS) is 18.4. The molecule has 0 spiro atoms. The molecule has 0 aliphatic carbocycles. The molecule has 2 amide bonds. The average Bonchev–Trinajstić information content (AvgIpc) is 3.58. The van der Waals surface area contributed by atoms with E-state index in [1.807, 2.05) is 25.8 Å². The van der Waals surface area contributed by atoms with E-state index >= 15 is 0 Å². The number of piperazine rings is 1. The maximum Gasteiger partial charge on any atom is 0.263 e. The molecule has 12 nitrogen and oxygen atoms in total. The second kappa shape index (κ2) is 11.4. The molecule has 45 heavy (non-hydrogen) atoms. The van der Waals surface area contributed by atoms with Crippen molar-refractivity contribution in [1.82, 2.24) is 24.0 Å². The maximum atomic E-state index is 15.0. The van der Waals surface area contributed by atoms with Crippen LogP contribution in [0.1, 0.15) is 36.5 Å². The molecule has 2 aliphatic heterocycles. The molecule has 0 radical (unpaired) electrons. The highest BCUT2D eigenvalue weighted by Gasteiger charge is 2.30. The summed E-state index contributed by atoms with van der Waals surface area (Å²) < 4.78 is 32.6. The van der Waals surface area contributed by atoms with Gasteiger partial charge in [0.05, 0.1) is 16.6 Å². The number of anilines is 2. The Balaban J connectivity index is 1.39. The van der Waals surface area contributed by atoms with Gasteiger partial charge in [-0.05, 0) is 45.0 Å². The molecule has 15 heteroatoms. The molecule has 2 aliphatic rings. The first-order valence-electron chi connectivity index (χ1n) is 14.4. The van der Waals surface area contributed by atoms with E-state index in [-0.39, 0.29) is 51.5 Å². The van der Waals surface area contributed by atoms with Crippen molar-refractivity contribution < 1.29 is 23.5 Å². The Morgan fingerprint density at radius 2 is 1.87 bits per heavy atom. The summed E-state index contributed by atoms with van der Waals surface area (Å²) in [5.41, 5.74) is 4.95. The topological polar surface area (TPSA) is 152 Å². The van der Waals surface area contributed by atoms with Crippen molar-refractivity contribution in [1.29, 1.82) is 0 Å². The van der Waals surface area contributed by atoms with Crippen molar-refractivity contribution >= 4 is 46.0 Å². The van der Waals surface area contributed by atoms with E-state index in [9.17, 15) is 28.3 Å². The lowest BCUT2D eigenvalue weighted by molar-refractivity contribution is -0.116. The third kappa shape index (κ3) is 5.37. The van der Waals surface area contributed by atoms with E-state index < -0.39 is 40.5 Å². The lowest BCUT2D eigenvalue weighted by atomic mass is 10.0. The molecule has 0 unspecified atom stereocenters. The highest BCUT2D eigenvalue weighted by Crippen LogP contribution is 2.35. The van der Waals surface area contributed by atoms with Crippen molar-refractivity contribution in [3.8, 4) is 16.9 Å². The van der Waals surface area contributed by atoms with E-state index in [1.165, 1.54) is 27.5 Å². The minimum absolute atomic E-state index is 0.0202. The quantitative estimate of drug-likeness (QED) is 0.272. The smallest absolute Gasteiger partial charge is 0.263 e. The third-order valence-electron chi connectivity index (χ3n) is 8.34. The number of amides is 2. The van der Waals surface area contributed by atoms with Crippen LogP contribution in [0.3, 0.4) is 0 Å². The number of nitrogens with one attached hydrogen (secondary N) is 1. The van der Waals surface area contributed by atoms with Crippen LogP contribution in [0, 0.1) is 11.8 Å². The second-order valence-electron chi connectivity index (χ2n) is 11.7. The highest BCUT2D eigenvalue weighted by molar-refractivity contribution is 6.33. The van der Waals surface area contributed by atoms with Crippen LogP contribution in [-0.2, 0) is 24.3 Å². The number of nitrogens with two attached hydrogens (primary N) is 1. The van der Waals surface area contributed by atoms with Gasteiger partial charge in [0.25, 0.3) is 11.5 Å². The number of aryl methyl sites for hydroxylation is 1. The molecule has 4 aromatic rings. The van der Waals surface area contributed by atoms with Gasteiger partial charge in [0, 0.05) is 56.0 Å². The lowest BCUT2D eigenvalue weighted by Gasteiger charge is -2.44. The molecule has 1 fully saturated rings. The van der Waals surface area contributed by atoms with E-state index in [0.717, 1.165) is 19.2 Å². The monoisotopic (exact) mass is 640 g/mol. The van der Waals surface area contributed by atoms with Crippen molar-refractivity contribution in [3.63, 3.8) is 0 Å². The number of phenols is 1. The summed E-state index contributed by atoms with van der Waals surface area (Å²) >= 11 is 6.24. The Kier molecular flexibility index (Phi) is 7.73. The second-order valence-corrected chi connectivity index (χ2v) is 12.1. The number of fused-ring (bicyclic) bond motifs is 2. The number of likely N-dealkylation sites (N-methyl/N-ethyl adjacent to an activating group) is 1. The molecule has 1 saturated heterocycles. The summed E-state index contributed by atoms with van der Waals surface area (Å²) in [5, 5.41) is 12.4. The number of hydrogen-bond acceptors (Lipinski definition) is 8. The fraction of sp³-hybridized carbons (Fsp3) is 0.367. The molecule has 1 aromatic carbocycles. The Bertz CT molecular complexity index is 1930. The Morgan fingerprint density at radius 1 is 1.16 bits per heavy atom. The lowest BCUT2D eigenvalue weighted by Crippen LogP contribution is -2.56. The average molecular weight is 641 g/mol. The predicted octanol–water partition coefficient (Wildman–Crippen LogP) is 3.11. The number of nitrogens with zero attached hydrogens (tertiary/aromatic N) is 6. The number of aromatic hydroxyl groups is 1. The summed E-state index contributed by atoms with van der Waals surface area (Å²) in [5.74, 6) is -3.75.